The molecule has 0 amide bonds. The summed E-state index contributed by atoms with van der Waals surface area (Å²) < 4.78 is 0. The maximum Gasteiger partial charge on any atom is -0.00139 e. The van der Waals surface area contributed by atoms with Crippen LogP contribution in [0.4, 0.5) is 0 Å². The zero-order chi connectivity index (χ0) is 27.6. The smallest absolute Gasteiger partial charge is 0.00139 e. The molecule has 0 radical (unpaired) electrons. The van der Waals surface area contributed by atoms with E-state index < -0.39 is 0 Å². The van der Waals surface area contributed by atoms with Crippen molar-refractivity contribution >= 4 is 64.6 Å². The summed E-state index contributed by atoms with van der Waals surface area (Å²) in [6.45, 7) is 0. The van der Waals surface area contributed by atoms with Crippen molar-refractivity contribution in [2.24, 2.45) is 0 Å². The predicted molar refractivity (Wildman–Crippen MR) is 182 cm³/mol. The van der Waals surface area contributed by atoms with Gasteiger partial charge in [0.05, 0.1) is 0 Å². The second-order valence-electron chi connectivity index (χ2n) is 11.3. The Kier molecular flexibility index (Phi) is 5.00. The van der Waals surface area contributed by atoms with Crippen LogP contribution in [0.5, 0.6) is 0 Å². The summed E-state index contributed by atoms with van der Waals surface area (Å²) in [4.78, 5) is 0. The largest absolute Gasteiger partial charge is 0.0616 e. The van der Waals surface area contributed by atoms with E-state index in [1.807, 2.05) is 0 Å². The number of hydrogen-bond acceptors (Lipinski definition) is 0. The third kappa shape index (κ3) is 3.42. The topological polar surface area (TPSA) is 0 Å². The van der Waals surface area contributed by atoms with Crippen LogP contribution in [-0.4, -0.2) is 0 Å². The van der Waals surface area contributed by atoms with Gasteiger partial charge >= 0.3 is 0 Å². The lowest BCUT2D eigenvalue weighted by Gasteiger charge is -2.17. The minimum absolute atomic E-state index is 1.23. The maximum atomic E-state index is 2.40. The van der Waals surface area contributed by atoms with Gasteiger partial charge in [0, 0.05) is 0 Å². The molecule has 0 aliphatic rings. The molecule has 0 heterocycles. The monoisotopic (exact) mass is 530 g/mol. The summed E-state index contributed by atoms with van der Waals surface area (Å²) in [5, 5.41) is 15.7. The van der Waals surface area contributed by atoms with Gasteiger partial charge < -0.3 is 0 Å². The van der Waals surface area contributed by atoms with Crippen molar-refractivity contribution in [3.05, 3.63) is 158 Å². The van der Waals surface area contributed by atoms with Crippen LogP contribution in [0.2, 0.25) is 0 Å². The van der Waals surface area contributed by atoms with E-state index in [2.05, 4.69) is 158 Å². The molecule has 0 nitrogen and oxygen atoms in total. The molecule has 0 unspecified atom stereocenters. The first kappa shape index (κ1) is 23.3. The molecule has 0 N–H and O–H groups in total. The first-order chi connectivity index (χ1) is 20.8. The van der Waals surface area contributed by atoms with Gasteiger partial charge in [0.2, 0.25) is 0 Å². The molecule has 9 aromatic rings. The fourth-order valence-corrected chi connectivity index (χ4v) is 7.05. The van der Waals surface area contributed by atoms with Crippen molar-refractivity contribution in [3.63, 3.8) is 0 Å². The normalized spacial score (nSPS) is 11.8. The Morgan fingerprint density at radius 1 is 0.214 bits per heavy atom. The third-order valence-electron chi connectivity index (χ3n) is 8.99. The second kappa shape index (κ2) is 9.03. The summed E-state index contributed by atoms with van der Waals surface area (Å²) in [6, 6.07) is 58.0. The summed E-state index contributed by atoms with van der Waals surface area (Å²) >= 11 is 0. The van der Waals surface area contributed by atoms with Gasteiger partial charge in [-0.25, -0.2) is 0 Å². The zero-order valence-electron chi connectivity index (χ0n) is 23.0. The number of rotatable bonds is 2. The molecule has 0 saturated carbocycles. The van der Waals surface area contributed by atoms with E-state index in [0.29, 0.717) is 0 Å². The van der Waals surface area contributed by atoms with E-state index in [4.69, 9.17) is 0 Å². The van der Waals surface area contributed by atoms with E-state index in [1.165, 1.54) is 86.9 Å². The van der Waals surface area contributed by atoms with Crippen LogP contribution in [0.3, 0.4) is 0 Å². The van der Waals surface area contributed by atoms with E-state index in [-0.39, 0.29) is 0 Å². The van der Waals surface area contributed by atoms with Crippen molar-refractivity contribution in [1.29, 1.82) is 0 Å². The molecule has 0 heteroatoms. The number of fused-ring (bicyclic) bond motifs is 12. The zero-order valence-corrected chi connectivity index (χ0v) is 23.0. The molecule has 42 heavy (non-hydrogen) atoms. The fraction of sp³-hybridized carbons (Fsp3) is 0. The van der Waals surface area contributed by atoms with Crippen LogP contribution < -0.4 is 0 Å². The van der Waals surface area contributed by atoms with Crippen LogP contribution in [0.15, 0.2) is 158 Å². The van der Waals surface area contributed by atoms with Gasteiger partial charge in [-0.15, -0.1) is 0 Å². The Morgan fingerprint density at radius 3 is 1.26 bits per heavy atom. The molecular formula is C42H26. The maximum absolute atomic E-state index is 2.40. The summed E-state index contributed by atoms with van der Waals surface area (Å²) in [7, 11) is 0. The third-order valence-corrected chi connectivity index (χ3v) is 8.99. The lowest BCUT2D eigenvalue weighted by Crippen LogP contribution is -1.89. The molecule has 0 aliphatic heterocycles. The van der Waals surface area contributed by atoms with Crippen LogP contribution >= 0.6 is 0 Å². The standard InChI is InChI=1S/C42H26/c1-2-11-28-24-31(21-20-27(28)10-1)29-12-9-13-30(25-29)32-22-23-39-40(26-32)35-16-5-8-19-38(35)41-36-17-6-3-14-33(36)34-15-4-7-18-37(34)42(39)41/h1-26H. The van der Waals surface area contributed by atoms with E-state index in [9.17, 15) is 0 Å². The highest BCUT2D eigenvalue weighted by atomic mass is 14.2. The Bertz CT molecular complexity index is 2510. The summed E-state index contributed by atoms with van der Waals surface area (Å²) in [5.41, 5.74) is 4.94. The van der Waals surface area contributed by atoms with Crippen molar-refractivity contribution in [2.45, 2.75) is 0 Å². The Balaban J connectivity index is 1.33. The molecule has 0 saturated heterocycles. The van der Waals surface area contributed by atoms with E-state index >= 15 is 0 Å². The van der Waals surface area contributed by atoms with Crippen LogP contribution in [0, 0.1) is 0 Å². The predicted octanol–water partition coefficient (Wildman–Crippen LogP) is 11.9. The molecule has 0 bridgehead atoms. The van der Waals surface area contributed by atoms with Gasteiger partial charge in [-0.3, -0.25) is 0 Å². The lowest BCUT2D eigenvalue weighted by atomic mass is 9.86. The number of benzene rings is 9. The molecule has 0 spiro atoms. The second-order valence-corrected chi connectivity index (χ2v) is 11.3. The SMILES string of the molecule is c1cc(-c2ccc3ccccc3c2)cc(-c2ccc3c(c2)c2ccccc2c2c4ccccc4c4ccccc4c32)c1. The molecule has 9 aromatic carbocycles. The summed E-state index contributed by atoms with van der Waals surface area (Å²) in [5.74, 6) is 0. The van der Waals surface area contributed by atoms with Crippen LogP contribution in [-0.2, 0) is 0 Å². The molecule has 0 fully saturated rings. The van der Waals surface area contributed by atoms with Gasteiger partial charge in [0.1, 0.15) is 0 Å². The van der Waals surface area contributed by atoms with Crippen molar-refractivity contribution < 1.29 is 0 Å². The lowest BCUT2D eigenvalue weighted by molar-refractivity contribution is 1.62. The first-order valence-electron chi connectivity index (χ1n) is 14.6. The summed E-state index contributed by atoms with van der Waals surface area (Å²) in [6.07, 6.45) is 0. The van der Waals surface area contributed by atoms with Crippen molar-refractivity contribution in [2.75, 3.05) is 0 Å². The van der Waals surface area contributed by atoms with Crippen LogP contribution in [0.1, 0.15) is 0 Å². The number of hydrogen-bond donors (Lipinski definition) is 0. The average Bonchev–Trinajstić information content (AvgIpc) is 3.07. The van der Waals surface area contributed by atoms with Gasteiger partial charge in [0.25, 0.3) is 0 Å². The molecule has 0 aromatic heterocycles. The quantitative estimate of drug-likeness (QED) is 0.195. The van der Waals surface area contributed by atoms with Crippen LogP contribution in [0.25, 0.3) is 86.9 Å². The van der Waals surface area contributed by atoms with Gasteiger partial charge in [-0.1, -0.05) is 140 Å². The Hall–Kier alpha value is -5.46. The van der Waals surface area contributed by atoms with Crippen molar-refractivity contribution in [3.8, 4) is 22.3 Å². The average molecular weight is 531 g/mol. The first-order valence-corrected chi connectivity index (χ1v) is 14.6. The minimum Gasteiger partial charge on any atom is -0.0616 e. The van der Waals surface area contributed by atoms with Gasteiger partial charge in [-0.2, -0.15) is 0 Å². The molecule has 0 aliphatic carbocycles. The fourth-order valence-electron chi connectivity index (χ4n) is 7.05. The Labute approximate surface area is 244 Å². The van der Waals surface area contributed by atoms with E-state index in [0.717, 1.165) is 0 Å². The van der Waals surface area contributed by atoms with Crippen molar-refractivity contribution in [1.82, 2.24) is 0 Å². The highest BCUT2D eigenvalue weighted by Gasteiger charge is 2.16. The molecule has 194 valence electrons. The Morgan fingerprint density at radius 2 is 0.643 bits per heavy atom. The highest BCUT2D eigenvalue weighted by Crippen LogP contribution is 2.44. The van der Waals surface area contributed by atoms with Gasteiger partial charge in [0.15, 0.2) is 0 Å². The molecule has 9 rings (SSSR count). The minimum atomic E-state index is 1.23. The molecule has 0 atom stereocenters. The highest BCUT2D eigenvalue weighted by molar-refractivity contribution is 6.39. The van der Waals surface area contributed by atoms with Gasteiger partial charge in [-0.05, 0) is 105 Å². The van der Waals surface area contributed by atoms with E-state index in [1.54, 1.807) is 0 Å². The molecular weight excluding hydrogens is 504 g/mol.